The summed E-state index contributed by atoms with van der Waals surface area (Å²) in [6.07, 6.45) is 0.636. The van der Waals surface area contributed by atoms with Gasteiger partial charge in [-0.15, -0.1) is 0 Å². The van der Waals surface area contributed by atoms with Crippen LogP contribution in [-0.2, 0) is 4.79 Å². The summed E-state index contributed by atoms with van der Waals surface area (Å²) in [6.45, 7) is 3.81. The summed E-state index contributed by atoms with van der Waals surface area (Å²) in [5.74, 6) is -1.19. The predicted octanol–water partition coefficient (Wildman–Crippen LogP) is 2.23. The second-order valence-electron chi connectivity index (χ2n) is 3.69. The van der Waals surface area contributed by atoms with Crippen LogP contribution in [-0.4, -0.2) is 22.3 Å². The van der Waals surface area contributed by atoms with Gasteiger partial charge in [0.2, 0.25) is 0 Å². The van der Waals surface area contributed by atoms with Crippen LogP contribution < -0.4 is 0 Å². The molecule has 1 unspecified atom stereocenters. The van der Waals surface area contributed by atoms with Gasteiger partial charge < -0.3 is 10.2 Å². The van der Waals surface area contributed by atoms with Gasteiger partial charge in [0, 0.05) is 6.42 Å². The first-order valence-corrected chi connectivity index (χ1v) is 5.18. The highest BCUT2D eigenvalue weighted by molar-refractivity contribution is 5.77. The van der Waals surface area contributed by atoms with E-state index in [2.05, 4.69) is 0 Å². The molecule has 0 saturated heterocycles. The lowest BCUT2D eigenvalue weighted by molar-refractivity contribution is -0.146. The summed E-state index contributed by atoms with van der Waals surface area (Å²) in [7, 11) is 0. The lowest BCUT2D eigenvalue weighted by Crippen LogP contribution is -2.19. The van der Waals surface area contributed by atoms with Crippen molar-refractivity contribution in [2.24, 2.45) is 0 Å². The Morgan fingerprint density at radius 1 is 1.44 bits per heavy atom. The van der Waals surface area contributed by atoms with Gasteiger partial charge in [0.1, 0.15) is 0 Å². The van der Waals surface area contributed by atoms with Gasteiger partial charge in [-0.2, -0.15) is 0 Å². The van der Waals surface area contributed by atoms with Gasteiger partial charge >= 0.3 is 5.97 Å². The molecular weight excluding hydrogens is 204 g/mol. The van der Waals surface area contributed by atoms with Crippen molar-refractivity contribution in [1.29, 1.82) is 0 Å². The first kappa shape index (κ1) is 12.5. The number of carboxylic acids is 1. The number of aliphatic hydroxyl groups excluding tert-OH is 1. The molecule has 0 aromatic heterocycles. The number of carboxylic acid groups (broad SMARTS) is 1. The fourth-order valence-corrected chi connectivity index (χ4v) is 1.61. The molecule has 1 aromatic rings. The van der Waals surface area contributed by atoms with Crippen molar-refractivity contribution >= 4 is 11.5 Å². The minimum Gasteiger partial charge on any atom is -0.479 e. The number of aliphatic hydroxyl groups is 1. The number of hydrogen-bond donors (Lipinski definition) is 2. The Balaban J connectivity index is 2.93. The van der Waals surface area contributed by atoms with Crippen molar-refractivity contribution in [2.75, 3.05) is 0 Å². The lowest BCUT2D eigenvalue weighted by Gasteiger charge is -2.12. The van der Waals surface area contributed by atoms with E-state index in [1.54, 1.807) is 0 Å². The number of aryl methyl sites for hydroxylation is 1. The van der Waals surface area contributed by atoms with E-state index in [4.69, 9.17) is 5.11 Å². The first-order chi connectivity index (χ1) is 7.56. The van der Waals surface area contributed by atoms with E-state index >= 15 is 0 Å². The molecule has 3 heteroatoms. The molecule has 0 radical (unpaired) electrons. The number of hydrogen-bond acceptors (Lipinski definition) is 2. The first-order valence-electron chi connectivity index (χ1n) is 5.18. The largest absolute Gasteiger partial charge is 0.479 e. The molecule has 2 N–H and O–H groups in total. The van der Waals surface area contributed by atoms with E-state index in [0.29, 0.717) is 0 Å². The summed E-state index contributed by atoms with van der Waals surface area (Å²) < 4.78 is 0. The fourth-order valence-electron chi connectivity index (χ4n) is 1.61. The van der Waals surface area contributed by atoms with Crippen LogP contribution in [0.3, 0.4) is 0 Å². The van der Waals surface area contributed by atoms with E-state index in [-0.39, 0.29) is 6.42 Å². The van der Waals surface area contributed by atoms with Crippen LogP contribution in [0.5, 0.6) is 0 Å². The van der Waals surface area contributed by atoms with Gasteiger partial charge in [0.25, 0.3) is 0 Å². The zero-order chi connectivity index (χ0) is 12.1. The Labute approximate surface area is 95.0 Å². The highest BCUT2D eigenvalue weighted by Crippen LogP contribution is 2.23. The molecule has 0 fully saturated rings. The second-order valence-corrected chi connectivity index (χ2v) is 3.69. The molecule has 0 spiro atoms. The number of carbonyl (C=O) groups is 1. The summed E-state index contributed by atoms with van der Waals surface area (Å²) in [5.41, 5.74) is 2.92. The summed E-state index contributed by atoms with van der Waals surface area (Å²) >= 11 is 0. The topological polar surface area (TPSA) is 57.5 Å². The third kappa shape index (κ3) is 2.94. The molecule has 3 nitrogen and oxygen atoms in total. The maximum Gasteiger partial charge on any atom is 0.332 e. The van der Waals surface area contributed by atoms with Crippen LogP contribution in [0.25, 0.3) is 5.57 Å². The molecule has 86 valence electrons. The van der Waals surface area contributed by atoms with Crippen LogP contribution in [0.15, 0.2) is 30.3 Å². The van der Waals surface area contributed by atoms with Crippen LogP contribution in [0, 0.1) is 6.92 Å². The zero-order valence-electron chi connectivity index (χ0n) is 9.47. The maximum atomic E-state index is 10.6. The molecule has 0 aliphatic heterocycles. The molecule has 0 bridgehead atoms. The molecule has 16 heavy (non-hydrogen) atoms. The fraction of sp³-hybridized carbons (Fsp3) is 0.308. The van der Waals surface area contributed by atoms with Crippen LogP contribution in [0.1, 0.15) is 24.5 Å². The highest BCUT2D eigenvalue weighted by atomic mass is 16.4. The van der Waals surface area contributed by atoms with E-state index in [9.17, 15) is 9.90 Å². The van der Waals surface area contributed by atoms with Gasteiger partial charge in [0.05, 0.1) is 0 Å². The standard InChI is InChI=1S/C13H16O3/c1-3-10(8-12(14)13(15)16)11-7-5-4-6-9(11)2/h3-7,12,14H,8H2,1-2H3,(H,15,16)/b10-3-. The molecule has 0 heterocycles. The summed E-state index contributed by atoms with van der Waals surface area (Å²) in [6, 6.07) is 7.73. The van der Waals surface area contributed by atoms with Crippen LogP contribution in [0.2, 0.25) is 0 Å². The average Bonchev–Trinajstić information content (AvgIpc) is 2.26. The summed E-state index contributed by atoms with van der Waals surface area (Å²) in [4.78, 5) is 10.6. The van der Waals surface area contributed by atoms with Gasteiger partial charge in [-0.1, -0.05) is 30.3 Å². The highest BCUT2D eigenvalue weighted by Gasteiger charge is 2.16. The van der Waals surface area contributed by atoms with Gasteiger partial charge in [-0.25, -0.2) is 4.79 Å². The number of rotatable bonds is 4. The van der Waals surface area contributed by atoms with Gasteiger partial charge in [0.15, 0.2) is 6.10 Å². The van der Waals surface area contributed by atoms with E-state index < -0.39 is 12.1 Å². The van der Waals surface area contributed by atoms with Crippen LogP contribution in [0.4, 0.5) is 0 Å². The Morgan fingerprint density at radius 3 is 2.56 bits per heavy atom. The van der Waals surface area contributed by atoms with E-state index in [1.807, 2.05) is 44.2 Å². The normalized spacial score (nSPS) is 13.6. The molecule has 0 aliphatic rings. The third-order valence-electron chi connectivity index (χ3n) is 2.54. The number of benzene rings is 1. The molecule has 1 aromatic carbocycles. The number of aliphatic carboxylic acids is 1. The maximum absolute atomic E-state index is 10.6. The third-order valence-corrected chi connectivity index (χ3v) is 2.54. The monoisotopic (exact) mass is 220 g/mol. The van der Waals surface area contributed by atoms with Crippen molar-refractivity contribution in [3.8, 4) is 0 Å². The van der Waals surface area contributed by atoms with Crippen molar-refractivity contribution in [3.05, 3.63) is 41.5 Å². The second kappa shape index (κ2) is 5.47. The minimum atomic E-state index is -1.34. The van der Waals surface area contributed by atoms with Crippen molar-refractivity contribution < 1.29 is 15.0 Å². The van der Waals surface area contributed by atoms with Gasteiger partial charge in [-0.05, 0) is 30.5 Å². The smallest absolute Gasteiger partial charge is 0.332 e. The Kier molecular flexibility index (Phi) is 4.26. The molecule has 0 amide bonds. The van der Waals surface area contributed by atoms with Gasteiger partial charge in [-0.3, -0.25) is 0 Å². The van der Waals surface area contributed by atoms with Crippen molar-refractivity contribution in [3.63, 3.8) is 0 Å². The Morgan fingerprint density at radius 2 is 2.06 bits per heavy atom. The lowest BCUT2D eigenvalue weighted by atomic mass is 9.96. The molecule has 1 atom stereocenters. The quantitative estimate of drug-likeness (QED) is 0.818. The predicted molar refractivity (Wildman–Crippen MR) is 63.1 cm³/mol. The van der Waals surface area contributed by atoms with Crippen LogP contribution >= 0.6 is 0 Å². The molecule has 0 saturated carbocycles. The molecule has 1 rings (SSSR count). The molecular formula is C13H16O3. The Bertz CT molecular complexity index is 407. The van der Waals surface area contributed by atoms with Crippen molar-refractivity contribution in [1.82, 2.24) is 0 Å². The number of allylic oxidation sites excluding steroid dienone is 1. The zero-order valence-corrected chi connectivity index (χ0v) is 9.47. The molecule has 0 aliphatic carbocycles. The summed E-state index contributed by atoms with van der Waals surface area (Å²) in [5, 5.41) is 18.0. The van der Waals surface area contributed by atoms with E-state index in [1.165, 1.54) is 0 Å². The van der Waals surface area contributed by atoms with Crippen molar-refractivity contribution in [2.45, 2.75) is 26.4 Å². The average molecular weight is 220 g/mol. The Hall–Kier alpha value is -1.61. The SMILES string of the molecule is C/C=C(/CC(O)C(=O)O)c1ccccc1C. The minimum absolute atomic E-state index is 0.136. The van der Waals surface area contributed by atoms with E-state index in [0.717, 1.165) is 16.7 Å².